The molecule has 0 aromatic rings. The Kier molecular flexibility index (Phi) is 37.5. The maximum absolute atomic E-state index is 12.7. The number of quaternary nitrogens is 1. The van der Waals surface area contributed by atoms with Gasteiger partial charge in [-0.2, -0.15) is 0 Å². The van der Waals surface area contributed by atoms with Crippen LogP contribution < -0.4 is 0 Å². The molecular formula is C50H82NO7+. The van der Waals surface area contributed by atoms with E-state index >= 15 is 0 Å². The van der Waals surface area contributed by atoms with Crippen LogP contribution in [0.2, 0.25) is 0 Å². The third-order valence-corrected chi connectivity index (χ3v) is 9.23. The van der Waals surface area contributed by atoms with Crippen molar-refractivity contribution in [3.8, 4) is 0 Å². The number of aliphatic carboxylic acids is 1. The first-order valence-electron chi connectivity index (χ1n) is 22.3. The van der Waals surface area contributed by atoms with Gasteiger partial charge in [0, 0.05) is 19.3 Å². The number of hydrogen-bond acceptors (Lipinski definition) is 6. The molecular weight excluding hydrogens is 727 g/mol. The van der Waals surface area contributed by atoms with Crippen LogP contribution in [-0.2, 0) is 28.6 Å². The highest BCUT2D eigenvalue weighted by Gasteiger charge is 2.31. The fourth-order valence-corrected chi connectivity index (χ4v) is 5.84. The first-order valence-corrected chi connectivity index (χ1v) is 22.3. The average molecular weight is 809 g/mol. The van der Waals surface area contributed by atoms with Gasteiger partial charge in [0.25, 0.3) is 0 Å². The molecule has 0 rings (SSSR count). The highest BCUT2D eigenvalue weighted by atomic mass is 16.6. The summed E-state index contributed by atoms with van der Waals surface area (Å²) in [5.74, 6) is -1.55. The van der Waals surface area contributed by atoms with Crippen LogP contribution in [0.15, 0.2) is 97.2 Å². The number of carboxylic acid groups (broad SMARTS) is 1. The molecule has 0 saturated carbocycles. The Balaban J connectivity index is 4.43. The topological polar surface area (TPSA) is 99.1 Å². The number of likely N-dealkylation sites (N-methyl/N-ethyl adjacent to an activating group) is 1. The second-order valence-corrected chi connectivity index (χ2v) is 15.5. The van der Waals surface area contributed by atoms with E-state index in [9.17, 15) is 19.5 Å². The van der Waals surface area contributed by atoms with Gasteiger partial charge in [0.1, 0.15) is 6.61 Å². The minimum atomic E-state index is -0.888. The molecule has 2 unspecified atom stereocenters. The van der Waals surface area contributed by atoms with Crippen LogP contribution >= 0.6 is 0 Å². The van der Waals surface area contributed by atoms with Gasteiger partial charge in [0.2, 0.25) is 0 Å². The third kappa shape index (κ3) is 37.8. The fraction of sp³-hybridized carbons (Fsp3) is 0.620. The van der Waals surface area contributed by atoms with Crippen LogP contribution in [-0.4, -0.2) is 80.6 Å². The summed E-state index contributed by atoms with van der Waals surface area (Å²) in [6.07, 6.45) is 53.1. The number of hydrogen-bond donors (Lipinski definition) is 1. The number of rotatable bonds is 38. The largest absolute Gasteiger partial charge is 0.477 e. The number of allylic oxidation sites excluding steroid dienone is 16. The lowest BCUT2D eigenvalue weighted by atomic mass is 10.1. The highest BCUT2D eigenvalue weighted by Crippen LogP contribution is 2.12. The number of nitrogens with zero attached hydrogens (tertiary/aromatic N) is 1. The molecule has 0 aliphatic carbocycles. The van der Waals surface area contributed by atoms with E-state index in [4.69, 9.17) is 14.2 Å². The van der Waals surface area contributed by atoms with E-state index in [2.05, 4.69) is 111 Å². The zero-order valence-electron chi connectivity index (χ0n) is 37.2. The number of carbonyl (C=O) groups is 3. The molecule has 0 aromatic carbocycles. The van der Waals surface area contributed by atoms with Gasteiger partial charge in [-0.05, 0) is 89.9 Å². The molecule has 2 atom stereocenters. The van der Waals surface area contributed by atoms with Crippen LogP contribution in [0.4, 0.5) is 0 Å². The van der Waals surface area contributed by atoms with E-state index in [0.717, 1.165) is 109 Å². The molecule has 328 valence electrons. The smallest absolute Gasteiger partial charge is 0.362 e. The Hall–Kier alpha value is -3.75. The van der Waals surface area contributed by atoms with Crippen LogP contribution in [0.3, 0.4) is 0 Å². The van der Waals surface area contributed by atoms with Crippen molar-refractivity contribution in [2.45, 2.75) is 161 Å². The molecule has 8 nitrogen and oxygen atoms in total. The van der Waals surface area contributed by atoms with E-state index in [-0.39, 0.29) is 42.7 Å². The van der Waals surface area contributed by atoms with E-state index in [1.54, 1.807) is 0 Å². The van der Waals surface area contributed by atoms with Gasteiger partial charge in [-0.15, -0.1) is 0 Å². The van der Waals surface area contributed by atoms with E-state index in [1.165, 1.54) is 0 Å². The zero-order chi connectivity index (χ0) is 42.8. The van der Waals surface area contributed by atoms with Crippen molar-refractivity contribution < 1.29 is 38.2 Å². The lowest BCUT2D eigenvalue weighted by Crippen LogP contribution is -2.50. The minimum Gasteiger partial charge on any atom is -0.477 e. The van der Waals surface area contributed by atoms with Crippen molar-refractivity contribution in [2.24, 2.45) is 0 Å². The molecule has 0 aromatic heterocycles. The predicted octanol–water partition coefficient (Wildman–Crippen LogP) is 12.3. The normalized spacial score (nSPS) is 13.9. The second-order valence-electron chi connectivity index (χ2n) is 15.5. The standard InChI is InChI=1S/C50H81NO7/c1-6-8-10-12-14-16-18-20-21-22-23-24-25-26-27-28-29-31-33-35-37-39-41-49(53)58-46(44-56-43-42-47(50(54)55)51(3,4)5)45-57-48(52)40-38-36-34-32-30-19-17-15-13-11-9-7-2/h8-11,14-17,20-21,23-24,26-27,29,31,46-47H,6-7,12-13,18-19,22,25,28,30,32-45H2,1-5H3/p+1/b10-8+,11-9+,16-14+,17-15+,21-20+,24-23+,27-26+,31-29+. The molecule has 58 heavy (non-hydrogen) atoms. The first-order chi connectivity index (χ1) is 28.1. The van der Waals surface area contributed by atoms with Crippen molar-refractivity contribution in [1.82, 2.24) is 0 Å². The quantitative estimate of drug-likeness (QED) is 0.0287. The molecule has 1 N–H and O–H groups in total. The van der Waals surface area contributed by atoms with Crippen LogP contribution in [0.5, 0.6) is 0 Å². The van der Waals surface area contributed by atoms with E-state index in [1.807, 2.05) is 21.1 Å². The predicted molar refractivity (Wildman–Crippen MR) is 243 cm³/mol. The van der Waals surface area contributed by atoms with Crippen molar-refractivity contribution in [3.05, 3.63) is 97.2 Å². The Morgan fingerprint density at radius 3 is 1.36 bits per heavy atom. The third-order valence-electron chi connectivity index (χ3n) is 9.23. The molecule has 0 amide bonds. The molecule has 0 fully saturated rings. The van der Waals surface area contributed by atoms with Gasteiger partial charge in [-0.1, -0.05) is 137 Å². The second kappa shape index (κ2) is 40.0. The number of esters is 2. The Morgan fingerprint density at radius 1 is 0.517 bits per heavy atom. The SMILES string of the molecule is CC/C=C/C/C=C/C/C=C/C/C=C/C/C=C/C/C=C/CCCCCC(=O)OC(COCCC(C(=O)O)[N+](C)(C)C)COC(=O)CCCCCCC/C=C/C/C=C/CC. The van der Waals surface area contributed by atoms with Crippen LogP contribution in [0.1, 0.15) is 149 Å². The average Bonchev–Trinajstić information content (AvgIpc) is 3.18. The number of carbonyl (C=O) groups excluding carboxylic acids is 2. The molecule has 8 heteroatoms. The number of carboxylic acids is 1. The van der Waals surface area contributed by atoms with Gasteiger partial charge in [-0.25, -0.2) is 4.79 Å². The first kappa shape index (κ1) is 54.2. The van der Waals surface area contributed by atoms with Crippen molar-refractivity contribution >= 4 is 17.9 Å². The van der Waals surface area contributed by atoms with Gasteiger partial charge in [0.05, 0.1) is 34.4 Å². The molecule has 0 saturated heterocycles. The molecule has 0 spiro atoms. The van der Waals surface area contributed by atoms with Crippen LogP contribution in [0.25, 0.3) is 0 Å². The fourth-order valence-electron chi connectivity index (χ4n) is 5.84. The maximum Gasteiger partial charge on any atom is 0.362 e. The summed E-state index contributed by atoms with van der Waals surface area (Å²) in [6, 6.07) is -0.629. The minimum absolute atomic E-state index is 0.0362. The lowest BCUT2D eigenvalue weighted by Gasteiger charge is -2.31. The summed E-state index contributed by atoms with van der Waals surface area (Å²) >= 11 is 0. The summed E-state index contributed by atoms with van der Waals surface area (Å²) in [4.78, 5) is 37.0. The van der Waals surface area contributed by atoms with E-state index < -0.39 is 18.1 Å². The molecule has 0 heterocycles. The summed E-state index contributed by atoms with van der Waals surface area (Å²) in [6.45, 7) is 4.43. The maximum atomic E-state index is 12.7. The zero-order valence-corrected chi connectivity index (χ0v) is 37.2. The highest BCUT2D eigenvalue weighted by molar-refractivity contribution is 5.72. The van der Waals surface area contributed by atoms with Crippen LogP contribution in [0, 0.1) is 0 Å². The summed E-state index contributed by atoms with van der Waals surface area (Å²) in [5.41, 5.74) is 0. The molecule has 0 radical (unpaired) electrons. The Labute approximate surface area is 354 Å². The van der Waals surface area contributed by atoms with Crippen molar-refractivity contribution in [2.75, 3.05) is 41.0 Å². The van der Waals surface area contributed by atoms with Crippen molar-refractivity contribution in [1.29, 1.82) is 0 Å². The monoisotopic (exact) mass is 809 g/mol. The summed E-state index contributed by atoms with van der Waals surface area (Å²) < 4.78 is 17.2. The van der Waals surface area contributed by atoms with Gasteiger partial charge in [-0.3, -0.25) is 9.59 Å². The number of unbranched alkanes of at least 4 members (excludes halogenated alkanes) is 8. The van der Waals surface area contributed by atoms with Crippen molar-refractivity contribution in [3.63, 3.8) is 0 Å². The molecule has 0 aliphatic rings. The summed E-state index contributed by atoms with van der Waals surface area (Å²) in [5, 5.41) is 9.62. The van der Waals surface area contributed by atoms with Gasteiger partial charge >= 0.3 is 17.9 Å². The van der Waals surface area contributed by atoms with Gasteiger partial charge < -0.3 is 23.8 Å². The lowest BCUT2D eigenvalue weighted by molar-refractivity contribution is -0.887. The molecule has 0 bridgehead atoms. The summed E-state index contributed by atoms with van der Waals surface area (Å²) in [7, 11) is 5.50. The Bertz CT molecular complexity index is 1260. The van der Waals surface area contributed by atoms with E-state index in [0.29, 0.717) is 19.3 Å². The molecule has 0 aliphatic heterocycles. The Morgan fingerprint density at radius 2 is 0.914 bits per heavy atom. The number of ether oxygens (including phenoxy) is 3. The van der Waals surface area contributed by atoms with Gasteiger partial charge in [0.15, 0.2) is 12.1 Å².